The van der Waals surface area contributed by atoms with Gasteiger partial charge in [0.25, 0.3) is 0 Å². The first-order valence-electron chi connectivity index (χ1n) is 11.7. The van der Waals surface area contributed by atoms with E-state index in [1.54, 1.807) is 16.1 Å². The molecule has 0 N–H and O–H groups in total. The topological polar surface area (TPSA) is 67.7 Å². The van der Waals surface area contributed by atoms with Crippen LogP contribution in [0.15, 0.2) is 23.1 Å². The van der Waals surface area contributed by atoms with Crippen LogP contribution in [0.5, 0.6) is 0 Å². The molecule has 0 bridgehead atoms. The Morgan fingerprint density at radius 2 is 1.94 bits per heavy atom. The summed E-state index contributed by atoms with van der Waals surface area (Å²) < 4.78 is 33.7. The smallest absolute Gasteiger partial charge is 0.211 e. The zero-order valence-corrected chi connectivity index (χ0v) is 22.7. The van der Waals surface area contributed by atoms with Gasteiger partial charge in [-0.05, 0) is 30.7 Å². The Kier molecular flexibility index (Phi) is 9.23. The second kappa shape index (κ2) is 12.0. The van der Waals surface area contributed by atoms with Crippen LogP contribution in [0.25, 0.3) is 11.3 Å². The fraction of sp³-hybridized carbons (Fsp3) is 0.609. The summed E-state index contributed by atoms with van der Waals surface area (Å²) in [6.45, 7) is 6.19. The van der Waals surface area contributed by atoms with Gasteiger partial charge >= 0.3 is 0 Å². The van der Waals surface area contributed by atoms with Crippen molar-refractivity contribution in [2.75, 3.05) is 57.3 Å². The zero-order valence-electron chi connectivity index (χ0n) is 19.5. The van der Waals surface area contributed by atoms with Gasteiger partial charge in [-0.1, -0.05) is 17.7 Å². The Labute approximate surface area is 216 Å². The molecule has 0 unspecified atom stereocenters. The number of halogens is 2. The molecule has 3 heterocycles. The number of ether oxygens (including phenoxy) is 1. The molecule has 2 aromatic rings. The molecule has 1 aromatic heterocycles. The van der Waals surface area contributed by atoms with E-state index in [4.69, 9.17) is 33.0 Å². The Morgan fingerprint density at radius 1 is 1.15 bits per heavy atom. The van der Waals surface area contributed by atoms with Gasteiger partial charge in [-0.2, -0.15) is 9.40 Å². The first-order valence-corrected chi connectivity index (χ1v) is 15.4. The second-order valence-corrected chi connectivity index (χ2v) is 12.6. The van der Waals surface area contributed by atoms with Gasteiger partial charge in [0.15, 0.2) is 0 Å². The fourth-order valence-corrected chi connectivity index (χ4v) is 6.72. The van der Waals surface area contributed by atoms with E-state index in [1.165, 1.54) is 6.26 Å². The lowest BCUT2D eigenvalue weighted by Gasteiger charge is -2.27. The van der Waals surface area contributed by atoms with Gasteiger partial charge in [-0.15, -0.1) is 23.4 Å². The third-order valence-corrected chi connectivity index (χ3v) is 9.36. The second-order valence-electron chi connectivity index (χ2n) is 8.69. The molecule has 0 atom stereocenters. The summed E-state index contributed by atoms with van der Waals surface area (Å²) in [5, 5.41) is 5.72. The maximum atomic E-state index is 12.3. The number of aryl methyl sites for hydroxylation is 1. The number of thioether (sulfide) groups is 1. The van der Waals surface area contributed by atoms with E-state index in [1.807, 2.05) is 12.1 Å². The lowest BCUT2D eigenvalue weighted by Crippen LogP contribution is -2.37. The SMILES string of the molecule is CS(=O)(=O)N1CCc2c(c(-c3ccc(Cl)c(SCCCCl)c3)nn2CCCN2CCOCC2)C1. The van der Waals surface area contributed by atoms with Gasteiger partial charge < -0.3 is 4.74 Å². The molecule has 11 heteroatoms. The van der Waals surface area contributed by atoms with Gasteiger partial charge in [-0.25, -0.2) is 8.42 Å². The number of hydrogen-bond acceptors (Lipinski definition) is 6. The molecule has 1 aromatic carbocycles. The van der Waals surface area contributed by atoms with E-state index < -0.39 is 10.0 Å². The van der Waals surface area contributed by atoms with E-state index in [-0.39, 0.29) is 0 Å². The Hall–Kier alpha value is -0.810. The predicted octanol–water partition coefficient (Wildman–Crippen LogP) is 3.96. The summed E-state index contributed by atoms with van der Waals surface area (Å²) in [7, 11) is -3.28. The van der Waals surface area contributed by atoms with Crippen molar-refractivity contribution in [3.05, 3.63) is 34.5 Å². The van der Waals surface area contributed by atoms with Crippen LogP contribution in [0.3, 0.4) is 0 Å². The number of morpholine rings is 1. The van der Waals surface area contributed by atoms with Crippen LogP contribution in [-0.4, -0.2) is 84.7 Å². The van der Waals surface area contributed by atoms with Crippen molar-refractivity contribution >= 4 is 45.0 Å². The molecule has 0 aliphatic carbocycles. The van der Waals surface area contributed by atoms with E-state index in [2.05, 4.69) is 15.6 Å². The van der Waals surface area contributed by atoms with Gasteiger partial charge in [-0.3, -0.25) is 9.58 Å². The van der Waals surface area contributed by atoms with Crippen molar-refractivity contribution in [1.29, 1.82) is 0 Å². The average molecular weight is 548 g/mol. The first kappa shape index (κ1) is 26.3. The maximum absolute atomic E-state index is 12.3. The molecule has 0 saturated carbocycles. The number of aromatic nitrogens is 2. The monoisotopic (exact) mass is 546 g/mol. The van der Waals surface area contributed by atoms with Crippen molar-refractivity contribution in [2.24, 2.45) is 0 Å². The minimum Gasteiger partial charge on any atom is -0.379 e. The van der Waals surface area contributed by atoms with Crippen molar-refractivity contribution in [3.8, 4) is 11.3 Å². The zero-order chi connectivity index (χ0) is 24.1. The number of alkyl halides is 1. The molecule has 2 aliphatic heterocycles. The Bertz CT molecular complexity index is 1090. The molecular weight excluding hydrogens is 515 g/mol. The summed E-state index contributed by atoms with van der Waals surface area (Å²) in [4.78, 5) is 3.42. The lowest BCUT2D eigenvalue weighted by molar-refractivity contribution is 0.0368. The minimum absolute atomic E-state index is 0.352. The summed E-state index contributed by atoms with van der Waals surface area (Å²) in [6.07, 6.45) is 3.84. The number of rotatable bonds is 10. The van der Waals surface area contributed by atoms with Crippen molar-refractivity contribution < 1.29 is 13.2 Å². The van der Waals surface area contributed by atoms with Crippen LogP contribution in [0.2, 0.25) is 5.02 Å². The normalized spacial score (nSPS) is 17.7. The summed E-state index contributed by atoms with van der Waals surface area (Å²) >= 11 is 14.0. The number of benzene rings is 1. The van der Waals surface area contributed by atoms with Crippen LogP contribution in [0, 0.1) is 0 Å². The van der Waals surface area contributed by atoms with Crippen molar-refractivity contribution in [3.63, 3.8) is 0 Å². The number of hydrogen-bond donors (Lipinski definition) is 0. The molecule has 2 aliphatic rings. The molecule has 1 fully saturated rings. The predicted molar refractivity (Wildman–Crippen MR) is 140 cm³/mol. The van der Waals surface area contributed by atoms with Crippen LogP contribution in [0.1, 0.15) is 24.1 Å². The molecular formula is C23H32Cl2N4O3S2. The summed E-state index contributed by atoms with van der Waals surface area (Å²) in [5.74, 6) is 1.51. The highest BCUT2D eigenvalue weighted by Gasteiger charge is 2.30. The fourth-order valence-electron chi connectivity index (χ4n) is 4.43. The molecule has 1 saturated heterocycles. The lowest BCUT2D eigenvalue weighted by atomic mass is 10.0. The van der Waals surface area contributed by atoms with Crippen molar-refractivity contribution in [1.82, 2.24) is 19.0 Å². The summed E-state index contributed by atoms with van der Waals surface area (Å²) in [6, 6.07) is 5.95. The highest BCUT2D eigenvalue weighted by molar-refractivity contribution is 7.99. The molecule has 7 nitrogen and oxygen atoms in total. The van der Waals surface area contributed by atoms with Crippen LogP contribution < -0.4 is 0 Å². The molecule has 188 valence electrons. The standard InChI is InChI=1S/C23H32Cl2N4O3S2/c1-34(30,31)28-10-6-21-19(17-28)23(18-4-5-20(25)22(16-18)33-15-2-7-24)26-29(21)9-3-8-27-11-13-32-14-12-27/h4-5,16H,2-3,6-15,17H2,1H3. The van der Waals surface area contributed by atoms with Crippen LogP contribution in [0.4, 0.5) is 0 Å². The maximum Gasteiger partial charge on any atom is 0.211 e. The average Bonchev–Trinajstić information content (AvgIpc) is 3.18. The van der Waals surface area contributed by atoms with E-state index in [0.29, 0.717) is 30.4 Å². The minimum atomic E-state index is -3.28. The first-order chi connectivity index (χ1) is 16.4. The quantitative estimate of drug-likeness (QED) is 0.255. The van der Waals surface area contributed by atoms with Gasteiger partial charge in [0.2, 0.25) is 10.0 Å². The van der Waals surface area contributed by atoms with Crippen LogP contribution in [-0.2, 0) is 34.3 Å². The highest BCUT2D eigenvalue weighted by Crippen LogP contribution is 2.36. The van der Waals surface area contributed by atoms with E-state index in [0.717, 1.165) is 85.4 Å². The number of fused-ring (bicyclic) bond motifs is 1. The molecule has 4 rings (SSSR count). The van der Waals surface area contributed by atoms with E-state index in [9.17, 15) is 8.42 Å². The highest BCUT2D eigenvalue weighted by atomic mass is 35.5. The van der Waals surface area contributed by atoms with Gasteiger partial charge in [0.05, 0.1) is 30.2 Å². The Morgan fingerprint density at radius 3 is 2.68 bits per heavy atom. The number of sulfonamides is 1. The Balaban J connectivity index is 1.60. The van der Waals surface area contributed by atoms with E-state index >= 15 is 0 Å². The van der Waals surface area contributed by atoms with Crippen molar-refractivity contribution in [2.45, 2.75) is 37.2 Å². The van der Waals surface area contributed by atoms with Gasteiger partial charge in [0.1, 0.15) is 0 Å². The third kappa shape index (κ3) is 6.49. The summed E-state index contributed by atoms with van der Waals surface area (Å²) in [5.41, 5.74) is 3.96. The van der Waals surface area contributed by atoms with Gasteiger partial charge in [0, 0.05) is 73.3 Å². The number of nitrogens with zero attached hydrogens (tertiary/aromatic N) is 4. The molecule has 0 spiro atoms. The largest absolute Gasteiger partial charge is 0.379 e. The molecule has 34 heavy (non-hydrogen) atoms. The molecule has 0 radical (unpaired) electrons. The molecule has 0 amide bonds. The third-order valence-electron chi connectivity index (χ3n) is 6.26. The van der Waals surface area contributed by atoms with Crippen LogP contribution >= 0.6 is 35.0 Å².